The van der Waals surface area contributed by atoms with Crippen LogP contribution in [-0.4, -0.2) is 54.3 Å². The lowest BCUT2D eigenvalue weighted by Gasteiger charge is -2.41. The number of piperazine rings is 1. The van der Waals surface area contributed by atoms with Gasteiger partial charge >= 0.3 is 0 Å². The zero-order chi connectivity index (χ0) is 22.9. The fourth-order valence-corrected chi connectivity index (χ4v) is 5.33. The number of methoxy groups -OCH3 is 1. The molecule has 2 aromatic rings. The van der Waals surface area contributed by atoms with Crippen LogP contribution in [0.15, 0.2) is 41.4 Å². The molecule has 1 amide bonds. The van der Waals surface area contributed by atoms with Gasteiger partial charge in [-0.2, -0.15) is 0 Å². The summed E-state index contributed by atoms with van der Waals surface area (Å²) in [6, 6.07) is 12.1. The molecule has 174 valence electrons. The summed E-state index contributed by atoms with van der Waals surface area (Å²) in [7, 11) is 1.67. The summed E-state index contributed by atoms with van der Waals surface area (Å²) in [5, 5.41) is 0. The molecule has 2 fully saturated rings. The molecule has 33 heavy (non-hydrogen) atoms. The number of amidine groups is 1. The number of amides is 1. The lowest BCUT2D eigenvalue weighted by atomic mass is 10.0. The lowest BCUT2D eigenvalue weighted by molar-refractivity contribution is -0.135. The van der Waals surface area contributed by atoms with Gasteiger partial charge in [0.2, 0.25) is 5.91 Å². The maximum atomic E-state index is 13.0. The molecule has 3 aliphatic rings. The van der Waals surface area contributed by atoms with Gasteiger partial charge in [-0.15, -0.1) is 0 Å². The molecule has 1 saturated carbocycles. The molecule has 1 aliphatic carbocycles. The first kappa shape index (κ1) is 21.8. The number of aryl methyl sites for hydroxylation is 1. The number of rotatable bonds is 3. The third-order valence-corrected chi connectivity index (χ3v) is 7.17. The molecule has 2 aliphatic heterocycles. The topological polar surface area (TPSA) is 54.4 Å². The normalized spacial score (nSPS) is 20.5. The smallest absolute Gasteiger partial charge is 0.223 e. The van der Waals surface area contributed by atoms with Crippen molar-refractivity contribution >= 4 is 17.4 Å². The number of carbonyl (C=O) groups excluding carboxylic acids is 1. The van der Waals surface area contributed by atoms with Crippen molar-refractivity contribution in [3.63, 3.8) is 0 Å². The van der Waals surface area contributed by atoms with Crippen LogP contribution in [0.1, 0.15) is 50.2 Å². The predicted octanol–water partition coefficient (Wildman–Crippen LogP) is 5.30. The zero-order valence-corrected chi connectivity index (χ0v) is 19.8. The number of hydrogen-bond acceptors (Lipinski definition) is 5. The second-order valence-electron chi connectivity index (χ2n) is 9.61. The largest absolute Gasteiger partial charge is 0.497 e. The molecular weight excluding hydrogens is 414 g/mol. The van der Waals surface area contributed by atoms with Crippen LogP contribution in [0, 0.1) is 12.8 Å². The van der Waals surface area contributed by atoms with Crippen LogP contribution in [0.5, 0.6) is 17.2 Å². The van der Waals surface area contributed by atoms with Gasteiger partial charge in [-0.05, 0) is 68.5 Å². The first-order chi connectivity index (χ1) is 16.0. The van der Waals surface area contributed by atoms with E-state index in [1.54, 1.807) is 7.11 Å². The van der Waals surface area contributed by atoms with Gasteiger partial charge in [-0.25, -0.2) is 4.99 Å². The summed E-state index contributed by atoms with van der Waals surface area (Å²) in [5.41, 5.74) is 2.87. The molecule has 1 unspecified atom stereocenters. The standard InChI is InChI=1S/C27H33N3O3/c1-18-8-10-23-25(14-18)33-24-11-9-21(32-3)16-22(24)27(28-23)29-12-13-30(19(2)17-29)26(31)15-20-6-4-5-7-20/h8-11,14,16,19-20H,4-7,12-13,15,17H2,1-3H3. The SMILES string of the molecule is COc1ccc2c(c1)C(N1CCN(C(=O)CC3CCCC3)C(C)C1)=Nc1ccc(C)cc1O2. The number of ether oxygens (including phenoxy) is 2. The van der Waals surface area contributed by atoms with Crippen molar-refractivity contribution < 1.29 is 14.3 Å². The van der Waals surface area contributed by atoms with Crippen LogP contribution in [0.4, 0.5) is 5.69 Å². The van der Waals surface area contributed by atoms with E-state index in [0.29, 0.717) is 24.8 Å². The molecule has 1 saturated heterocycles. The third kappa shape index (κ3) is 4.43. The number of benzene rings is 2. The maximum absolute atomic E-state index is 13.0. The van der Waals surface area contributed by atoms with Gasteiger partial charge in [0, 0.05) is 32.1 Å². The van der Waals surface area contributed by atoms with Crippen molar-refractivity contribution in [3.05, 3.63) is 47.5 Å². The molecule has 0 radical (unpaired) electrons. The molecule has 0 N–H and O–H groups in total. The van der Waals surface area contributed by atoms with E-state index in [-0.39, 0.29) is 6.04 Å². The number of hydrogen-bond donors (Lipinski definition) is 0. The summed E-state index contributed by atoms with van der Waals surface area (Å²) >= 11 is 0. The van der Waals surface area contributed by atoms with Crippen LogP contribution < -0.4 is 9.47 Å². The average molecular weight is 448 g/mol. The van der Waals surface area contributed by atoms with E-state index in [2.05, 4.69) is 29.7 Å². The Hall–Kier alpha value is -3.02. The van der Waals surface area contributed by atoms with Crippen molar-refractivity contribution in [2.45, 2.75) is 52.0 Å². The predicted molar refractivity (Wildman–Crippen MR) is 130 cm³/mol. The average Bonchev–Trinajstić information content (AvgIpc) is 3.26. The highest BCUT2D eigenvalue weighted by molar-refractivity contribution is 6.04. The fraction of sp³-hybridized carbons (Fsp3) is 0.481. The minimum Gasteiger partial charge on any atom is -0.497 e. The molecule has 2 aromatic carbocycles. The minimum absolute atomic E-state index is 0.131. The van der Waals surface area contributed by atoms with E-state index in [1.807, 2.05) is 30.3 Å². The number of nitrogens with zero attached hydrogens (tertiary/aromatic N) is 3. The first-order valence-electron chi connectivity index (χ1n) is 12.1. The van der Waals surface area contributed by atoms with Crippen LogP contribution in [0.25, 0.3) is 0 Å². The number of fused-ring (bicyclic) bond motifs is 2. The van der Waals surface area contributed by atoms with E-state index >= 15 is 0 Å². The molecule has 2 heterocycles. The zero-order valence-electron chi connectivity index (χ0n) is 19.8. The quantitative estimate of drug-likeness (QED) is 0.641. The molecule has 0 aromatic heterocycles. The van der Waals surface area contributed by atoms with Gasteiger partial charge in [0.1, 0.15) is 23.0 Å². The molecule has 6 heteroatoms. The molecular formula is C27H33N3O3. The molecule has 0 bridgehead atoms. The fourth-order valence-electron chi connectivity index (χ4n) is 5.33. The monoisotopic (exact) mass is 447 g/mol. The van der Waals surface area contributed by atoms with Gasteiger partial charge < -0.3 is 19.3 Å². The second-order valence-corrected chi connectivity index (χ2v) is 9.61. The van der Waals surface area contributed by atoms with Crippen LogP contribution in [0.2, 0.25) is 0 Å². The Morgan fingerprint density at radius 3 is 2.70 bits per heavy atom. The minimum atomic E-state index is 0.131. The van der Waals surface area contributed by atoms with Gasteiger partial charge in [-0.1, -0.05) is 18.9 Å². The van der Waals surface area contributed by atoms with E-state index in [4.69, 9.17) is 14.5 Å². The Kier molecular flexibility index (Phi) is 6.00. The van der Waals surface area contributed by atoms with Gasteiger partial charge in [0.15, 0.2) is 5.75 Å². The Balaban J connectivity index is 1.42. The maximum Gasteiger partial charge on any atom is 0.223 e. The molecule has 5 rings (SSSR count). The van der Waals surface area contributed by atoms with Crippen molar-refractivity contribution in [1.29, 1.82) is 0 Å². The van der Waals surface area contributed by atoms with Gasteiger partial charge in [-0.3, -0.25) is 4.79 Å². The van der Waals surface area contributed by atoms with Crippen molar-refractivity contribution in [3.8, 4) is 17.2 Å². The van der Waals surface area contributed by atoms with Crippen molar-refractivity contribution in [2.75, 3.05) is 26.7 Å². The highest BCUT2D eigenvalue weighted by atomic mass is 16.5. The summed E-state index contributed by atoms with van der Waals surface area (Å²) < 4.78 is 11.8. The van der Waals surface area contributed by atoms with Crippen molar-refractivity contribution in [2.24, 2.45) is 10.9 Å². The summed E-state index contributed by atoms with van der Waals surface area (Å²) in [6.07, 6.45) is 5.65. The van der Waals surface area contributed by atoms with E-state index in [1.165, 1.54) is 25.7 Å². The molecule has 0 spiro atoms. The molecule has 6 nitrogen and oxygen atoms in total. The Morgan fingerprint density at radius 2 is 1.94 bits per heavy atom. The van der Waals surface area contributed by atoms with E-state index in [0.717, 1.165) is 53.0 Å². The van der Waals surface area contributed by atoms with Crippen molar-refractivity contribution in [1.82, 2.24) is 9.80 Å². The summed E-state index contributed by atoms with van der Waals surface area (Å²) in [6.45, 7) is 6.41. The number of aliphatic imine (C=N–C) groups is 1. The first-order valence-corrected chi connectivity index (χ1v) is 12.1. The van der Waals surface area contributed by atoms with E-state index in [9.17, 15) is 4.79 Å². The highest BCUT2D eigenvalue weighted by Gasteiger charge is 2.33. The van der Waals surface area contributed by atoms with E-state index < -0.39 is 0 Å². The van der Waals surface area contributed by atoms with Gasteiger partial charge in [0.25, 0.3) is 0 Å². The van der Waals surface area contributed by atoms with Crippen LogP contribution in [0.3, 0.4) is 0 Å². The van der Waals surface area contributed by atoms with Gasteiger partial charge in [0.05, 0.1) is 12.7 Å². The third-order valence-electron chi connectivity index (χ3n) is 7.17. The Morgan fingerprint density at radius 1 is 1.12 bits per heavy atom. The van der Waals surface area contributed by atoms with Crippen LogP contribution in [-0.2, 0) is 4.79 Å². The highest BCUT2D eigenvalue weighted by Crippen LogP contribution is 2.40. The summed E-state index contributed by atoms with van der Waals surface area (Å²) in [4.78, 5) is 22.5. The Labute approximate surface area is 196 Å². The van der Waals surface area contributed by atoms with Crippen LogP contribution >= 0.6 is 0 Å². The molecule has 1 atom stereocenters. The second kappa shape index (κ2) is 9.08. The Bertz CT molecular complexity index is 1070. The summed E-state index contributed by atoms with van der Waals surface area (Å²) in [5.74, 6) is 4.06. The lowest BCUT2D eigenvalue weighted by Crippen LogP contribution is -2.55. The number of carbonyl (C=O) groups is 1.